The first kappa shape index (κ1) is 14.2. The summed E-state index contributed by atoms with van der Waals surface area (Å²) in [6, 6.07) is 5.99. The van der Waals surface area contributed by atoms with Crippen molar-refractivity contribution >= 4 is 28.2 Å². The van der Waals surface area contributed by atoms with Crippen LogP contribution < -0.4 is 4.90 Å². The molecule has 0 aliphatic carbocycles. The molecule has 0 N–H and O–H groups in total. The van der Waals surface area contributed by atoms with E-state index >= 15 is 0 Å². The molecule has 1 aromatic carbocycles. The molecule has 5 heteroatoms. The normalized spacial score (nSPS) is 22.8. The summed E-state index contributed by atoms with van der Waals surface area (Å²) in [5, 5.41) is 1.23. The number of benzene rings is 1. The summed E-state index contributed by atoms with van der Waals surface area (Å²) in [4.78, 5) is 8.90. The van der Waals surface area contributed by atoms with Crippen LogP contribution in [0.2, 0.25) is 5.02 Å². The molecule has 1 unspecified atom stereocenters. The first-order valence-electron chi connectivity index (χ1n) is 7.96. The summed E-state index contributed by atoms with van der Waals surface area (Å²) in [6.45, 7) is 3.99. The molecule has 3 nitrogen and oxygen atoms in total. The van der Waals surface area contributed by atoms with Crippen LogP contribution in [0.5, 0.6) is 0 Å². The molecule has 0 spiro atoms. The molecule has 2 aromatic rings. The first-order chi connectivity index (χ1) is 10.7. The Kier molecular flexibility index (Phi) is 3.66. The number of piperidine rings is 1. The molecular weight excluding hydrogens is 301 g/mol. The fourth-order valence-electron chi connectivity index (χ4n) is 3.76. The predicted octanol–water partition coefficient (Wildman–Crippen LogP) is 3.70. The molecule has 0 bridgehead atoms. The number of hydrogen-bond donors (Lipinski definition) is 0. The van der Waals surface area contributed by atoms with Crippen LogP contribution in [0.1, 0.15) is 19.3 Å². The molecule has 4 rings (SSSR count). The van der Waals surface area contributed by atoms with Crippen molar-refractivity contribution < 1.29 is 4.39 Å². The lowest BCUT2D eigenvalue weighted by atomic mass is 9.99. The van der Waals surface area contributed by atoms with Gasteiger partial charge < -0.3 is 4.90 Å². The van der Waals surface area contributed by atoms with Crippen molar-refractivity contribution in [2.24, 2.45) is 0 Å². The van der Waals surface area contributed by atoms with E-state index in [9.17, 15) is 4.39 Å². The highest BCUT2D eigenvalue weighted by atomic mass is 35.5. The minimum atomic E-state index is -0.246. The van der Waals surface area contributed by atoms with Gasteiger partial charge in [0.05, 0.1) is 10.7 Å². The van der Waals surface area contributed by atoms with Crippen molar-refractivity contribution in [1.82, 2.24) is 9.88 Å². The molecular formula is C17H19ClFN3. The molecule has 116 valence electrons. The van der Waals surface area contributed by atoms with Crippen LogP contribution in [-0.4, -0.2) is 42.1 Å². The number of nitrogens with zero attached hydrogens (tertiary/aromatic N) is 3. The topological polar surface area (TPSA) is 19.4 Å². The van der Waals surface area contributed by atoms with Crippen molar-refractivity contribution in [3.05, 3.63) is 35.2 Å². The molecule has 1 aromatic heterocycles. The highest BCUT2D eigenvalue weighted by Crippen LogP contribution is 2.32. The van der Waals surface area contributed by atoms with E-state index in [2.05, 4.69) is 14.8 Å². The van der Waals surface area contributed by atoms with Crippen LogP contribution in [0.25, 0.3) is 10.9 Å². The van der Waals surface area contributed by atoms with Crippen LogP contribution in [0.4, 0.5) is 10.1 Å². The average molecular weight is 320 g/mol. The quantitative estimate of drug-likeness (QED) is 0.799. The van der Waals surface area contributed by atoms with Gasteiger partial charge in [-0.15, -0.1) is 0 Å². The van der Waals surface area contributed by atoms with Gasteiger partial charge >= 0.3 is 0 Å². The molecule has 2 aliphatic heterocycles. The number of halogens is 2. The molecule has 0 saturated carbocycles. The van der Waals surface area contributed by atoms with E-state index in [4.69, 9.17) is 11.6 Å². The molecule has 3 heterocycles. The number of rotatable bonds is 1. The summed E-state index contributed by atoms with van der Waals surface area (Å²) in [6.07, 6.45) is 5.36. The summed E-state index contributed by atoms with van der Waals surface area (Å²) >= 11 is 6.13. The zero-order chi connectivity index (χ0) is 15.1. The van der Waals surface area contributed by atoms with E-state index in [0.29, 0.717) is 27.7 Å². The Morgan fingerprint density at radius 2 is 2.05 bits per heavy atom. The van der Waals surface area contributed by atoms with Crippen molar-refractivity contribution in [3.8, 4) is 0 Å². The van der Waals surface area contributed by atoms with Gasteiger partial charge in [0.1, 0.15) is 5.52 Å². The molecule has 0 radical (unpaired) electrons. The monoisotopic (exact) mass is 319 g/mol. The summed E-state index contributed by atoms with van der Waals surface area (Å²) in [5.74, 6) is -0.246. The van der Waals surface area contributed by atoms with E-state index in [1.807, 2.05) is 12.1 Å². The van der Waals surface area contributed by atoms with Gasteiger partial charge in [0.25, 0.3) is 0 Å². The van der Waals surface area contributed by atoms with E-state index in [1.165, 1.54) is 25.8 Å². The molecule has 0 amide bonds. The smallest absolute Gasteiger partial charge is 0.172 e. The van der Waals surface area contributed by atoms with Crippen LogP contribution in [0, 0.1) is 5.82 Å². The number of aromatic nitrogens is 1. The standard InChI is InChI=1S/C17H19ClFN3/c18-14-6-7-20-17-13(14)4-5-15(16(17)19)22-10-9-21-8-2-1-3-12(21)11-22/h4-7,12H,1-3,8-11H2. The van der Waals surface area contributed by atoms with E-state index < -0.39 is 0 Å². The number of piperazine rings is 1. The third-order valence-electron chi connectivity index (χ3n) is 4.96. The largest absolute Gasteiger partial charge is 0.366 e. The maximum Gasteiger partial charge on any atom is 0.172 e. The van der Waals surface area contributed by atoms with Gasteiger partial charge in [-0.2, -0.15) is 0 Å². The third kappa shape index (κ3) is 2.34. The second kappa shape index (κ2) is 5.67. The molecule has 22 heavy (non-hydrogen) atoms. The van der Waals surface area contributed by atoms with Gasteiger partial charge in [0.2, 0.25) is 0 Å². The zero-order valence-corrected chi connectivity index (χ0v) is 13.2. The number of fused-ring (bicyclic) bond motifs is 2. The Morgan fingerprint density at radius 1 is 1.14 bits per heavy atom. The molecule has 2 aliphatic rings. The van der Waals surface area contributed by atoms with Gasteiger partial charge in [0, 0.05) is 37.3 Å². The Labute approximate surface area is 134 Å². The molecule has 2 saturated heterocycles. The molecule has 1 atom stereocenters. The highest BCUT2D eigenvalue weighted by molar-refractivity contribution is 6.35. The van der Waals surface area contributed by atoms with E-state index in [-0.39, 0.29) is 5.82 Å². The van der Waals surface area contributed by atoms with E-state index in [1.54, 1.807) is 12.3 Å². The minimum Gasteiger partial charge on any atom is -0.366 e. The van der Waals surface area contributed by atoms with Crippen LogP contribution in [-0.2, 0) is 0 Å². The SMILES string of the molecule is Fc1c(N2CCN3CCCCC3C2)ccc2c(Cl)ccnc12. The average Bonchev–Trinajstić information content (AvgIpc) is 2.56. The van der Waals surface area contributed by atoms with Gasteiger partial charge in [-0.3, -0.25) is 9.88 Å². The van der Waals surface area contributed by atoms with Gasteiger partial charge in [-0.1, -0.05) is 18.0 Å². The lowest BCUT2D eigenvalue weighted by Gasteiger charge is -2.45. The van der Waals surface area contributed by atoms with Crippen molar-refractivity contribution in [3.63, 3.8) is 0 Å². The van der Waals surface area contributed by atoms with Crippen molar-refractivity contribution in [2.45, 2.75) is 25.3 Å². The fraction of sp³-hybridized carbons (Fsp3) is 0.471. The Balaban J connectivity index is 1.68. The summed E-state index contributed by atoms with van der Waals surface area (Å²) in [5.41, 5.74) is 1.03. The Hall–Kier alpha value is -1.39. The van der Waals surface area contributed by atoms with Crippen LogP contribution in [0.15, 0.2) is 24.4 Å². The highest BCUT2D eigenvalue weighted by Gasteiger charge is 2.30. The Morgan fingerprint density at radius 3 is 2.95 bits per heavy atom. The predicted molar refractivity (Wildman–Crippen MR) is 88.1 cm³/mol. The Bertz CT molecular complexity index is 706. The number of hydrogen-bond acceptors (Lipinski definition) is 3. The van der Waals surface area contributed by atoms with Crippen molar-refractivity contribution in [2.75, 3.05) is 31.1 Å². The van der Waals surface area contributed by atoms with Gasteiger partial charge in [-0.25, -0.2) is 4.39 Å². The maximum atomic E-state index is 14.9. The number of anilines is 1. The maximum absolute atomic E-state index is 14.9. The fourth-order valence-corrected chi connectivity index (χ4v) is 3.97. The lowest BCUT2D eigenvalue weighted by Crippen LogP contribution is -2.55. The minimum absolute atomic E-state index is 0.246. The first-order valence-corrected chi connectivity index (χ1v) is 8.33. The summed E-state index contributed by atoms with van der Waals surface area (Å²) < 4.78 is 14.9. The van der Waals surface area contributed by atoms with Crippen LogP contribution in [0.3, 0.4) is 0 Å². The number of pyridine rings is 1. The zero-order valence-electron chi connectivity index (χ0n) is 12.4. The molecule has 2 fully saturated rings. The van der Waals surface area contributed by atoms with E-state index in [0.717, 1.165) is 19.6 Å². The van der Waals surface area contributed by atoms with Crippen molar-refractivity contribution in [1.29, 1.82) is 0 Å². The second-order valence-corrected chi connectivity index (χ2v) is 6.63. The lowest BCUT2D eigenvalue weighted by molar-refractivity contribution is 0.133. The van der Waals surface area contributed by atoms with Crippen LogP contribution >= 0.6 is 11.6 Å². The second-order valence-electron chi connectivity index (χ2n) is 6.22. The van der Waals surface area contributed by atoms with Gasteiger partial charge in [0.15, 0.2) is 5.82 Å². The third-order valence-corrected chi connectivity index (χ3v) is 5.29. The summed E-state index contributed by atoms with van der Waals surface area (Å²) in [7, 11) is 0. The van der Waals surface area contributed by atoms with Gasteiger partial charge in [-0.05, 0) is 37.6 Å².